The van der Waals surface area contributed by atoms with Crippen molar-refractivity contribution in [1.82, 2.24) is 0 Å². The Hall–Kier alpha value is -6.94. The molecule has 0 saturated carbocycles. The van der Waals surface area contributed by atoms with E-state index in [0.717, 1.165) is 39.0 Å². The van der Waals surface area contributed by atoms with E-state index in [9.17, 15) is 0 Å². The van der Waals surface area contributed by atoms with Crippen molar-refractivity contribution in [2.75, 3.05) is 4.90 Å². The predicted molar refractivity (Wildman–Crippen MR) is 235 cm³/mol. The lowest BCUT2D eigenvalue weighted by molar-refractivity contribution is 0.669. The van der Waals surface area contributed by atoms with Crippen molar-refractivity contribution >= 4 is 81.3 Å². The molecule has 0 saturated heterocycles. The molecule has 0 bridgehead atoms. The van der Waals surface area contributed by atoms with E-state index in [1.807, 2.05) is 23.5 Å². The number of para-hydroxylation sites is 1. The molecule has 0 aliphatic rings. The van der Waals surface area contributed by atoms with Crippen molar-refractivity contribution in [3.63, 3.8) is 0 Å². The van der Waals surface area contributed by atoms with E-state index in [-0.39, 0.29) is 0 Å². The van der Waals surface area contributed by atoms with Crippen LogP contribution in [-0.2, 0) is 0 Å². The monoisotopic (exact) mass is 719 g/mol. The van der Waals surface area contributed by atoms with E-state index in [4.69, 9.17) is 4.42 Å². The van der Waals surface area contributed by atoms with Crippen molar-refractivity contribution in [3.8, 4) is 33.4 Å². The van der Waals surface area contributed by atoms with Gasteiger partial charge in [-0.15, -0.1) is 11.3 Å². The first-order valence-electron chi connectivity index (χ1n) is 18.6. The molecule has 0 aliphatic heterocycles. The molecule has 0 amide bonds. The normalized spacial score (nSPS) is 11.6. The lowest BCUT2D eigenvalue weighted by atomic mass is 9.95. The second kappa shape index (κ2) is 12.9. The summed E-state index contributed by atoms with van der Waals surface area (Å²) in [5.41, 5.74) is 12.3. The Kier molecular flexibility index (Phi) is 7.39. The SMILES string of the molecule is c1cc(-c2ccc(N(c3ccc4oc5ccccc5c4c3)c3ccc4sc5ccccc5c4c3)cc2)cc(-c2cccc(-c3ccc4ccccc4c3)c2)c1. The Labute approximate surface area is 322 Å². The topological polar surface area (TPSA) is 16.4 Å². The third-order valence-electron chi connectivity index (χ3n) is 10.8. The molecule has 0 radical (unpaired) electrons. The van der Waals surface area contributed by atoms with Crippen molar-refractivity contribution in [2.24, 2.45) is 0 Å². The maximum Gasteiger partial charge on any atom is 0.135 e. The average Bonchev–Trinajstić information content (AvgIpc) is 3.82. The van der Waals surface area contributed by atoms with E-state index in [1.165, 1.54) is 64.3 Å². The summed E-state index contributed by atoms with van der Waals surface area (Å²) in [4.78, 5) is 2.37. The molecule has 55 heavy (non-hydrogen) atoms. The molecule has 0 unspecified atom stereocenters. The van der Waals surface area contributed by atoms with Crippen LogP contribution >= 0.6 is 11.3 Å². The molecule has 0 atom stereocenters. The zero-order valence-electron chi connectivity index (χ0n) is 29.8. The number of fused-ring (bicyclic) bond motifs is 7. The van der Waals surface area contributed by atoms with Crippen LogP contribution in [0.3, 0.4) is 0 Å². The first kappa shape index (κ1) is 31.6. The number of rotatable bonds is 6. The Bertz CT molecular complexity index is 3110. The lowest BCUT2D eigenvalue weighted by Crippen LogP contribution is -2.09. The molecule has 0 N–H and O–H groups in total. The molecule has 2 nitrogen and oxygen atoms in total. The second-order valence-corrected chi connectivity index (χ2v) is 15.2. The Morgan fingerprint density at radius 2 is 0.855 bits per heavy atom. The van der Waals surface area contributed by atoms with Crippen molar-refractivity contribution < 1.29 is 4.42 Å². The maximum atomic E-state index is 6.23. The Morgan fingerprint density at radius 3 is 1.64 bits per heavy atom. The summed E-state index contributed by atoms with van der Waals surface area (Å²) < 4.78 is 8.82. The van der Waals surface area contributed by atoms with Crippen LogP contribution < -0.4 is 4.90 Å². The van der Waals surface area contributed by atoms with Gasteiger partial charge in [-0.05, 0) is 123 Å². The van der Waals surface area contributed by atoms with Crippen LogP contribution in [0.25, 0.3) is 86.3 Å². The van der Waals surface area contributed by atoms with Gasteiger partial charge in [0.05, 0.1) is 0 Å². The molecule has 11 aromatic rings. The van der Waals surface area contributed by atoms with Crippen LogP contribution in [-0.4, -0.2) is 0 Å². The smallest absolute Gasteiger partial charge is 0.135 e. The van der Waals surface area contributed by atoms with Crippen molar-refractivity contribution in [1.29, 1.82) is 0 Å². The number of hydrogen-bond donors (Lipinski definition) is 0. The van der Waals surface area contributed by atoms with Crippen LogP contribution in [0.4, 0.5) is 17.1 Å². The maximum absolute atomic E-state index is 6.23. The largest absolute Gasteiger partial charge is 0.456 e. The highest BCUT2D eigenvalue weighted by Crippen LogP contribution is 2.43. The van der Waals surface area contributed by atoms with Gasteiger partial charge >= 0.3 is 0 Å². The van der Waals surface area contributed by atoms with E-state index in [1.54, 1.807) is 0 Å². The van der Waals surface area contributed by atoms with Crippen LogP contribution in [0.2, 0.25) is 0 Å². The van der Waals surface area contributed by atoms with Gasteiger partial charge in [-0.2, -0.15) is 0 Å². The molecule has 11 rings (SSSR count). The number of furan rings is 1. The minimum Gasteiger partial charge on any atom is -0.456 e. The molecule has 9 aromatic carbocycles. The fourth-order valence-electron chi connectivity index (χ4n) is 8.08. The summed E-state index contributed by atoms with van der Waals surface area (Å²) in [6, 6.07) is 72.4. The molecule has 0 fully saturated rings. The predicted octanol–water partition coefficient (Wildman–Crippen LogP) is 15.6. The Balaban J connectivity index is 0.979. The summed E-state index contributed by atoms with van der Waals surface area (Å²) in [7, 11) is 0. The van der Waals surface area contributed by atoms with Gasteiger partial charge in [0.15, 0.2) is 0 Å². The first-order valence-corrected chi connectivity index (χ1v) is 19.5. The van der Waals surface area contributed by atoms with E-state index < -0.39 is 0 Å². The molecule has 2 heterocycles. The molecule has 2 aromatic heterocycles. The Morgan fingerprint density at radius 1 is 0.309 bits per heavy atom. The third kappa shape index (κ3) is 5.56. The molecule has 0 spiro atoms. The zero-order valence-corrected chi connectivity index (χ0v) is 30.6. The summed E-state index contributed by atoms with van der Waals surface area (Å²) >= 11 is 1.85. The zero-order chi connectivity index (χ0) is 36.3. The number of thiophene rings is 1. The van der Waals surface area contributed by atoms with Crippen LogP contribution in [0.1, 0.15) is 0 Å². The standard InChI is InChI=1S/C52H33NOS/c1-2-10-36-30-41(20-19-34(36)9-1)40-14-8-13-39(31-40)38-12-7-11-37(29-38)35-21-23-42(24-22-35)53(43-25-27-50-47(32-43)45-15-3-5-17-49(45)54-50)44-26-28-52-48(33-44)46-16-4-6-18-51(46)55-52/h1-33H. The quantitative estimate of drug-likeness (QED) is 0.170. The fraction of sp³-hybridized carbons (Fsp3) is 0. The fourth-order valence-corrected chi connectivity index (χ4v) is 9.17. The molecular weight excluding hydrogens is 687 g/mol. The van der Waals surface area contributed by atoms with Gasteiger partial charge in [-0.25, -0.2) is 0 Å². The number of hydrogen-bond acceptors (Lipinski definition) is 3. The lowest BCUT2D eigenvalue weighted by Gasteiger charge is -2.26. The van der Waals surface area contributed by atoms with Gasteiger partial charge in [0.1, 0.15) is 11.2 Å². The van der Waals surface area contributed by atoms with Crippen LogP contribution in [0.15, 0.2) is 205 Å². The van der Waals surface area contributed by atoms with Gasteiger partial charge < -0.3 is 9.32 Å². The third-order valence-corrected chi connectivity index (χ3v) is 12.0. The summed E-state index contributed by atoms with van der Waals surface area (Å²) in [5.74, 6) is 0. The van der Waals surface area contributed by atoms with Crippen molar-refractivity contribution in [2.45, 2.75) is 0 Å². The summed E-state index contributed by atoms with van der Waals surface area (Å²) in [6.07, 6.45) is 0. The molecule has 258 valence electrons. The molecule has 0 aliphatic carbocycles. The van der Waals surface area contributed by atoms with Gasteiger partial charge in [-0.3, -0.25) is 0 Å². The highest BCUT2D eigenvalue weighted by atomic mass is 32.1. The summed E-state index contributed by atoms with van der Waals surface area (Å²) in [6.45, 7) is 0. The van der Waals surface area contributed by atoms with Gasteiger partial charge in [0, 0.05) is 48.0 Å². The van der Waals surface area contributed by atoms with Crippen molar-refractivity contribution in [3.05, 3.63) is 200 Å². The minimum atomic E-state index is 0.891. The van der Waals surface area contributed by atoms with E-state index in [0.29, 0.717) is 0 Å². The average molecular weight is 720 g/mol. The van der Waals surface area contributed by atoms with Gasteiger partial charge in [0.2, 0.25) is 0 Å². The molecular formula is C52H33NOS. The number of benzene rings is 9. The van der Waals surface area contributed by atoms with Gasteiger partial charge in [0.25, 0.3) is 0 Å². The van der Waals surface area contributed by atoms with E-state index in [2.05, 4.69) is 193 Å². The summed E-state index contributed by atoms with van der Waals surface area (Å²) in [5, 5.41) is 7.31. The highest BCUT2D eigenvalue weighted by molar-refractivity contribution is 7.25. The second-order valence-electron chi connectivity index (χ2n) is 14.2. The van der Waals surface area contributed by atoms with Gasteiger partial charge in [-0.1, -0.05) is 121 Å². The number of nitrogens with zero attached hydrogens (tertiary/aromatic N) is 1. The van der Waals surface area contributed by atoms with Crippen LogP contribution in [0, 0.1) is 0 Å². The highest BCUT2D eigenvalue weighted by Gasteiger charge is 2.17. The minimum absolute atomic E-state index is 0.891. The van der Waals surface area contributed by atoms with E-state index >= 15 is 0 Å². The number of anilines is 3. The molecule has 3 heteroatoms. The first-order chi connectivity index (χ1) is 27.2. The van der Waals surface area contributed by atoms with Crippen LogP contribution in [0.5, 0.6) is 0 Å².